The van der Waals surface area contributed by atoms with Gasteiger partial charge in [-0.05, 0) is 24.3 Å². The Morgan fingerprint density at radius 1 is 1.15 bits per heavy atom. The second-order valence-corrected chi connectivity index (χ2v) is 7.53. The van der Waals surface area contributed by atoms with Crippen molar-refractivity contribution in [2.75, 3.05) is 17.2 Å². The standard InChI is InChI=1S/C16H14N4O5S2/c21-10-3-1-9(2-4-10)18-13(23)8-20-14(24)11(27-16(20)25)7-12(22)19-15-17-5-6-26-15/h1-6,11,21H,7-8H2,(H,18,23)(H,17,19,22). The molecule has 1 aromatic carbocycles. The van der Waals surface area contributed by atoms with E-state index in [4.69, 9.17) is 0 Å². The molecule has 1 aliphatic rings. The van der Waals surface area contributed by atoms with Gasteiger partial charge in [-0.3, -0.25) is 24.1 Å². The largest absolute Gasteiger partial charge is 0.508 e. The van der Waals surface area contributed by atoms with Crippen molar-refractivity contribution >= 4 is 56.9 Å². The first-order chi connectivity index (χ1) is 12.9. The Bertz CT molecular complexity index is 869. The maximum Gasteiger partial charge on any atom is 0.289 e. The highest BCUT2D eigenvalue weighted by molar-refractivity contribution is 8.15. The highest BCUT2D eigenvalue weighted by Gasteiger charge is 2.41. The number of amides is 4. The van der Waals surface area contributed by atoms with E-state index in [1.165, 1.54) is 41.8 Å². The molecule has 1 saturated heterocycles. The van der Waals surface area contributed by atoms with Crippen molar-refractivity contribution < 1.29 is 24.3 Å². The van der Waals surface area contributed by atoms with Crippen molar-refractivity contribution in [3.63, 3.8) is 0 Å². The van der Waals surface area contributed by atoms with Gasteiger partial charge < -0.3 is 15.7 Å². The quantitative estimate of drug-likeness (QED) is 0.625. The number of thioether (sulfide) groups is 1. The summed E-state index contributed by atoms with van der Waals surface area (Å²) in [6.45, 7) is -0.448. The normalized spacial score (nSPS) is 16.4. The highest BCUT2D eigenvalue weighted by Crippen LogP contribution is 2.29. The maximum atomic E-state index is 12.4. The van der Waals surface area contributed by atoms with Crippen LogP contribution in [0.4, 0.5) is 15.6 Å². The number of nitrogens with zero attached hydrogens (tertiary/aromatic N) is 2. The van der Waals surface area contributed by atoms with Crippen LogP contribution >= 0.6 is 23.1 Å². The molecule has 3 N–H and O–H groups in total. The second-order valence-electron chi connectivity index (χ2n) is 5.48. The molecule has 0 radical (unpaired) electrons. The third kappa shape index (κ3) is 4.83. The molecule has 11 heteroatoms. The van der Waals surface area contributed by atoms with Gasteiger partial charge in [0.1, 0.15) is 17.5 Å². The smallest absolute Gasteiger partial charge is 0.289 e. The van der Waals surface area contributed by atoms with Crippen molar-refractivity contribution in [3.8, 4) is 5.75 Å². The number of phenols is 1. The lowest BCUT2D eigenvalue weighted by atomic mass is 10.2. The van der Waals surface area contributed by atoms with Gasteiger partial charge in [0.05, 0.1) is 0 Å². The number of rotatable bonds is 6. The van der Waals surface area contributed by atoms with Crippen molar-refractivity contribution in [2.24, 2.45) is 0 Å². The fraction of sp³-hybridized carbons (Fsp3) is 0.188. The molecule has 2 aromatic rings. The van der Waals surface area contributed by atoms with Crippen LogP contribution in [0.3, 0.4) is 0 Å². The molecule has 0 aliphatic carbocycles. The van der Waals surface area contributed by atoms with Gasteiger partial charge >= 0.3 is 0 Å². The summed E-state index contributed by atoms with van der Waals surface area (Å²) in [5, 5.41) is 15.0. The van der Waals surface area contributed by atoms with Crippen LogP contribution in [0.15, 0.2) is 35.8 Å². The van der Waals surface area contributed by atoms with Crippen LogP contribution in [0.1, 0.15) is 6.42 Å². The van der Waals surface area contributed by atoms with Gasteiger partial charge in [0.25, 0.3) is 5.24 Å². The minimum atomic E-state index is -0.876. The molecule has 0 bridgehead atoms. The minimum Gasteiger partial charge on any atom is -0.508 e. The molecule has 4 amide bonds. The second kappa shape index (κ2) is 8.18. The zero-order valence-corrected chi connectivity index (χ0v) is 15.4. The Morgan fingerprint density at radius 2 is 1.89 bits per heavy atom. The summed E-state index contributed by atoms with van der Waals surface area (Å²) in [6.07, 6.45) is 1.35. The molecule has 140 valence electrons. The lowest BCUT2D eigenvalue weighted by Gasteiger charge is -2.13. The van der Waals surface area contributed by atoms with Crippen LogP contribution in [-0.4, -0.2) is 49.7 Å². The van der Waals surface area contributed by atoms with E-state index in [2.05, 4.69) is 15.6 Å². The first-order valence-corrected chi connectivity index (χ1v) is 9.48. The average Bonchev–Trinajstić information content (AvgIpc) is 3.21. The number of thiazole rings is 1. The Hall–Kier alpha value is -2.92. The van der Waals surface area contributed by atoms with Gasteiger partial charge in [-0.15, -0.1) is 11.3 Å². The molecule has 1 fully saturated rings. The molecule has 2 heterocycles. The number of hydrogen-bond donors (Lipinski definition) is 3. The molecule has 1 aliphatic heterocycles. The van der Waals surface area contributed by atoms with E-state index in [1.54, 1.807) is 5.38 Å². The number of benzene rings is 1. The summed E-state index contributed by atoms with van der Waals surface area (Å²) in [6, 6.07) is 5.77. The van der Waals surface area contributed by atoms with Gasteiger partial charge in [0, 0.05) is 23.7 Å². The molecule has 0 spiro atoms. The fourth-order valence-electron chi connectivity index (χ4n) is 2.28. The Kier molecular flexibility index (Phi) is 5.72. The number of anilines is 2. The molecular weight excluding hydrogens is 392 g/mol. The number of carbonyl (C=O) groups is 4. The van der Waals surface area contributed by atoms with E-state index in [9.17, 15) is 24.3 Å². The summed E-state index contributed by atoms with van der Waals surface area (Å²) in [5.41, 5.74) is 0.420. The summed E-state index contributed by atoms with van der Waals surface area (Å²) in [4.78, 5) is 53.2. The van der Waals surface area contributed by atoms with Crippen LogP contribution in [0.5, 0.6) is 5.75 Å². The number of nitrogens with one attached hydrogen (secondary N) is 2. The van der Waals surface area contributed by atoms with E-state index in [0.29, 0.717) is 10.8 Å². The molecule has 3 rings (SSSR count). The van der Waals surface area contributed by atoms with Gasteiger partial charge in [0.15, 0.2) is 5.13 Å². The van der Waals surface area contributed by atoms with Crippen molar-refractivity contribution in [3.05, 3.63) is 35.8 Å². The number of imide groups is 1. The van der Waals surface area contributed by atoms with Crippen molar-refractivity contribution in [1.29, 1.82) is 0 Å². The highest BCUT2D eigenvalue weighted by atomic mass is 32.2. The molecule has 1 aromatic heterocycles. The zero-order chi connectivity index (χ0) is 19.4. The molecule has 9 nitrogen and oxygen atoms in total. The van der Waals surface area contributed by atoms with Gasteiger partial charge in [0.2, 0.25) is 17.7 Å². The van der Waals surface area contributed by atoms with E-state index < -0.39 is 34.8 Å². The van der Waals surface area contributed by atoms with Crippen molar-refractivity contribution in [1.82, 2.24) is 9.88 Å². The van der Waals surface area contributed by atoms with Crippen LogP contribution in [-0.2, 0) is 14.4 Å². The summed E-state index contributed by atoms with van der Waals surface area (Å²) in [5.74, 6) is -1.52. The van der Waals surface area contributed by atoms with E-state index in [0.717, 1.165) is 16.7 Å². The fourth-order valence-corrected chi connectivity index (χ4v) is 3.82. The first-order valence-electron chi connectivity index (χ1n) is 7.72. The summed E-state index contributed by atoms with van der Waals surface area (Å²) >= 11 is 1.96. The third-order valence-corrected chi connectivity index (χ3v) is 5.27. The Balaban J connectivity index is 1.54. The third-order valence-electron chi connectivity index (χ3n) is 3.51. The molecule has 1 atom stereocenters. The lowest BCUT2D eigenvalue weighted by molar-refractivity contribution is -0.131. The monoisotopic (exact) mass is 406 g/mol. The van der Waals surface area contributed by atoms with E-state index >= 15 is 0 Å². The van der Waals surface area contributed by atoms with Crippen molar-refractivity contribution in [2.45, 2.75) is 11.7 Å². The maximum absolute atomic E-state index is 12.4. The number of carbonyl (C=O) groups excluding carboxylic acids is 4. The van der Waals surface area contributed by atoms with Crippen LogP contribution in [0.2, 0.25) is 0 Å². The number of phenolic OH excluding ortho intramolecular Hbond substituents is 1. The number of hydrogen-bond acceptors (Lipinski definition) is 8. The van der Waals surface area contributed by atoms with Crippen LogP contribution < -0.4 is 10.6 Å². The predicted molar refractivity (Wildman–Crippen MR) is 101 cm³/mol. The van der Waals surface area contributed by atoms with Gasteiger partial charge in [-0.1, -0.05) is 11.8 Å². The number of aromatic hydroxyl groups is 1. The molecule has 0 saturated carbocycles. The first kappa shape index (κ1) is 18.9. The zero-order valence-electron chi connectivity index (χ0n) is 13.7. The Morgan fingerprint density at radius 3 is 2.56 bits per heavy atom. The topological polar surface area (TPSA) is 129 Å². The van der Waals surface area contributed by atoms with Gasteiger partial charge in [-0.2, -0.15) is 0 Å². The number of aromatic nitrogens is 1. The van der Waals surface area contributed by atoms with Crippen LogP contribution in [0.25, 0.3) is 0 Å². The van der Waals surface area contributed by atoms with E-state index in [-0.39, 0.29) is 12.2 Å². The van der Waals surface area contributed by atoms with E-state index in [1.807, 2.05) is 0 Å². The summed E-state index contributed by atoms with van der Waals surface area (Å²) in [7, 11) is 0. The minimum absolute atomic E-state index is 0.0492. The molecule has 27 heavy (non-hydrogen) atoms. The molecule has 1 unspecified atom stereocenters. The molecular formula is C16H14N4O5S2. The summed E-state index contributed by atoms with van der Waals surface area (Å²) < 4.78 is 0. The average molecular weight is 406 g/mol. The SMILES string of the molecule is O=C(CN1C(=O)SC(CC(=O)Nc2nccs2)C1=O)Nc1ccc(O)cc1. The predicted octanol–water partition coefficient (Wildman–Crippen LogP) is 1.88. The lowest BCUT2D eigenvalue weighted by Crippen LogP contribution is -2.38. The van der Waals surface area contributed by atoms with Crippen LogP contribution in [0, 0.1) is 0 Å². The van der Waals surface area contributed by atoms with Gasteiger partial charge in [-0.25, -0.2) is 4.98 Å². The Labute approximate surface area is 161 Å².